The van der Waals surface area contributed by atoms with Crippen LogP contribution in [0.2, 0.25) is 0 Å². The van der Waals surface area contributed by atoms with E-state index in [0.717, 1.165) is 13.0 Å². The molecule has 0 radical (unpaired) electrons. The Bertz CT molecular complexity index is 402. The maximum Gasteiger partial charge on any atom is 0.223 e. The zero-order valence-electron chi connectivity index (χ0n) is 12.8. The number of hydrogen-bond donors (Lipinski definition) is 1. The van der Waals surface area contributed by atoms with E-state index >= 15 is 0 Å². The predicted molar refractivity (Wildman–Crippen MR) is 86.5 cm³/mol. The third-order valence-corrected chi connectivity index (χ3v) is 4.83. The van der Waals surface area contributed by atoms with E-state index in [-0.39, 0.29) is 5.91 Å². The molecule has 0 bridgehead atoms. The number of carbonyl (C=O) groups excluding carboxylic acids is 1. The Kier molecular flexibility index (Phi) is 7.19. The maximum absolute atomic E-state index is 12.5. The van der Waals surface area contributed by atoms with Crippen LogP contribution < -0.4 is 5.32 Å². The van der Waals surface area contributed by atoms with Crippen LogP contribution in [-0.4, -0.2) is 43.7 Å². The van der Waals surface area contributed by atoms with Crippen molar-refractivity contribution in [3.05, 3.63) is 22.4 Å². The molecular weight excluding hydrogens is 284 g/mol. The number of carbonyl (C=O) groups is 1. The zero-order valence-corrected chi connectivity index (χ0v) is 13.7. The molecule has 2 heterocycles. The van der Waals surface area contributed by atoms with Gasteiger partial charge in [0.05, 0.1) is 13.2 Å². The van der Waals surface area contributed by atoms with Gasteiger partial charge in [-0.05, 0) is 37.3 Å². The number of nitrogens with zero attached hydrogens (tertiary/aromatic N) is 1. The Morgan fingerprint density at radius 3 is 3.10 bits per heavy atom. The van der Waals surface area contributed by atoms with Crippen molar-refractivity contribution in [3.8, 4) is 0 Å². The van der Waals surface area contributed by atoms with Crippen LogP contribution in [0, 0.1) is 0 Å². The van der Waals surface area contributed by atoms with E-state index in [1.54, 1.807) is 18.4 Å². The van der Waals surface area contributed by atoms with Gasteiger partial charge in [-0.25, -0.2) is 0 Å². The van der Waals surface area contributed by atoms with Gasteiger partial charge < -0.3 is 15.0 Å². The fraction of sp³-hybridized carbons (Fsp3) is 0.688. The summed E-state index contributed by atoms with van der Waals surface area (Å²) < 4.78 is 5.13. The highest BCUT2D eigenvalue weighted by atomic mass is 32.1. The van der Waals surface area contributed by atoms with Gasteiger partial charge >= 0.3 is 0 Å². The number of methoxy groups -OCH3 is 1. The second-order valence-electron chi connectivity index (χ2n) is 5.57. The molecule has 5 heteroatoms. The topological polar surface area (TPSA) is 41.6 Å². The van der Waals surface area contributed by atoms with Crippen LogP contribution in [0.3, 0.4) is 0 Å². The van der Waals surface area contributed by atoms with Crippen molar-refractivity contribution < 1.29 is 9.53 Å². The van der Waals surface area contributed by atoms with Crippen LogP contribution in [-0.2, 0) is 16.1 Å². The third-order valence-electron chi connectivity index (χ3n) is 3.96. The number of piperidine rings is 1. The van der Waals surface area contributed by atoms with Crippen LogP contribution in [0.1, 0.15) is 37.0 Å². The number of rotatable bonds is 8. The summed E-state index contributed by atoms with van der Waals surface area (Å²) in [6, 6.07) is 4.64. The van der Waals surface area contributed by atoms with Gasteiger partial charge in [0, 0.05) is 31.0 Å². The number of hydrogen-bond acceptors (Lipinski definition) is 4. The van der Waals surface area contributed by atoms with Gasteiger partial charge in [0.15, 0.2) is 0 Å². The van der Waals surface area contributed by atoms with Crippen LogP contribution in [0.15, 0.2) is 17.5 Å². The number of amides is 1. The van der Waals surface area contributed by atoms with Crippen LogP contribution >= 0.6 is 11.3 Å². The molecule has 0 aromatic carbocycles. The van der Waals surface area contributed by atoms with E-state index in [1.807, 2.05) is 11.0 Å². The highest BCUT2D eigenvalue weighted by molar-refractivity contribution is 7.09. The van der Waals surface area contributed by atoms with Crippen molar-refractivity contribution in [2.45, 2.75) is 44.7 Å². The Labute approximate surface area is 131 Å². The first kappa shape index (κ1) is 16.5. The molecule has 1 aliphatic heterocycles. The number of thiophene rings is 1. The molecule has 1 unspecified atom stereocenters. The van der Waals surface area contributed by atoms with Crippen molar-refractivity contribution in [2.75, 3.05) is 26.8 Å². The summed E-state index contributed by atoms with van der Waals surface area (Å²) >= 11 is 1.70. The van der Waals surface area contributed by atoms with Gasteiger partial charge in [-0.1, -0.05) is 12.5 Å². The summed E-state index contributed by atoms with van der Waals surface area (Å²) in [7, 11) is 1.68. The van der Waals surface area contributed by atoms with E-state index in [2.05, 4.69) is 16.8 Å². The van der Waals surface area contributed by atoms with Gasteiger partial charge in [-0.3, -0.25) is 4.79 Å². The Morgan fingerprint density at radius 2 is 2.43 bits per heavy atom. The average Bonchev–Trinajstić information content (AvgIpc) is 3.03. The lowest BCUT2D eigenvalue weighted by atomic mass is 10.0. The highest BCUT2D eigenvalue weighted by Crippen LogP contribution is 2.15. The van der Waals surface area contributed by atoms with Crippen molar-refractivity contribution in [2.24, 2.45) is 0 Å². The molecule has 0 aliphatic carbocycles. The second-order valence-corrected chi connectivity index (χ2v) is 6.61. The largest absolute Gasteiger partial charge is 0.383 e. The van der Waals surface area contributed by atoms with E-state index in [4.69, 9.17) is 4.74 Å². The second kappa shape index (κ2) is 9.18. The smallest absolute Gasteiger partial charge is 0.223 e. The van der Waals surface area contributed by atoms with Crippen LogP contribution in [0.5, 0.6) is 0 Å². The molecule has 21 heavy (non-hydrogen) atoms. The van der Waals surface area contributed by atoms with Crippen LogP contribution in [0.25, 0.3) is 0 Å². The number of nitrogens with one attached hydrogen (secondary N) is 1. The summed E-state index contributed by atoms with van der Waals surface area (Å²) in [5, 5.41) is 5.56. The van der Waals surface area contributed by atoms with E-state index < -0.39 is 0 Å². The minimum atomic E-state index is 0.243. The SMILES string of the molecule is COCCN(Cc1cccs1)C(=O)CCC1CCCCN1. The quantitative estimate of drug-likeness (QED) is 0.802. The van der Waals surface area contributed by atoms with E-state index in [1.165, 1.54) is 24.1 Å². The van der Waals surface area contributed by atoms with Crippen molar-refractivity contribution in [3.63, 3.8) is 0 Å². The molecule has 1 aromatic heterocycles. The molecule has 1 atom stereocenters. The van der Waals surface area contributed by atoms with Crippen LogP contribution in [0.4, 0.5) is 0 Å². The fourth-order valence-electron chi connectivity index (χ4n) is 2.71. The molecule has 1 aliphatic rings. The third kappa shape index (κ3) is 5.77. The molecule has 118 valence electrons. The Balaban J connectivity index is 1.81. The molecule has 0 spiro atoms. The van der Waals surface area contributed by atoms with Gasteiger partial charge in [0.2, 0.25) is 5.91 Å². The van der Waals surface area contributed by atoms with Gasteiger partial charge in [-0.2, -0.15) is 0 Å². The summed E-state index contributed by atoms with van der Waals surface area (Å²) in [6.45, 7) is 3.07. The molecule has 1 saturated heterocycles. The maximum atomic E-state index is 12.5. The standard InChI is InChI=1S/C16H26N2O2S/c1-20-11-10-18(13-15-6-4-12-21-15)16(19)8-7-14-5-2-3-9-17-14/h4,6,12,14,17H,2-3,5,7-11,13H2,1H3. The Hall–Kier alpha value is -0.910. The lowest BCUT2D eigenvalue weighted by Gasteiger charge is -2.26. The molecule has 1 fully saturated rings. The summed E-state index contributed by atoms with van der Waals surface area (Å²) in [6.07, 6.45) is 5.34. The highest BCUT2D eigenvalue weighted by Gasteiger charge is 2.18. The summed E-state index contributed by atoms with van der Waals surface area (Å²) in [5.74, 6) is 0.243. The van der Waals surface area contributed by atoms with E-state index in [0.29, 0.717) is 32.2 Å². The van der Waals surface area contributed by atoms with Crippen molar-refractivity contribution in [1.82, 2.24) is 10.2 Å². The first-order valence-electron chi connectivity index (χ1n) is 7.82. The number of ether oxygens (including phenoxy) is 1. The minimum Gasteiger partial charge on any atom is -0.383 e. The van der Waals surface area contributed by atoms with Gasteiger partial charge in [-0.15, -0.1) is 11.3 Å². The molecular formula is C16H26N2O2S. The molecule has 4 nitrogen and oxygen atoms in total. The fourth-order valence-corrected chi connectivity index (χ4v) is 3.43. The predicted octanol–water partition coefficient (Wildman–Crippen LogP) is 2.65. The molecule has 1 N–H and O–H groups in total. The molecule has 2 rings (SSSR count). The van der Waals surface area contributed by atoms with Gasteiger partial charge in [0.25, 0.3) is 0 Å². The first-order chi connectivity index (χ1) is 10.3. The minimum absolute atomic E-state index is 0.243. The molecule has 1 aromatic rings. The van der Waals surface area contributed by atoms with E-state index in [9.17, 15) is 4.79 Å². The zero-order chi connectivity index (χ0) is 14.9. The lowest BCUT2D eigenvalue weighted by molar-refractivity contribution is -0.132. The first-order valence-corrected chi connectivity index (χ1v) is 8.70. The van der Waals surface area contributed by atoms with Crippen molar-refractivity contribution >= 4 is 17.2 Å². The average molecular weight is 310 g/mol. The molecule has 1 amide bonds. The normalized spacial score (nSPS) is 18.6. The van der Waals surface area contributed by atoms with Gasteiger partial charge in [0.1, 0.15) is 0 Å². The van der Waals surface area contributed by atoms with Crippen molar-refractivity contribution in [1.29, 1.82) is 0 Å². The molecule has 0 saturated carbocycles. The lowest BCUT2D eigenvalue weighted by Crippen LogP contribution is -2.37. The monoisotopic (exact) mass is 310 g/mol. The Morgan fingerprint density at radius 1 is 1.52 bits per heavy atom. The summed E-state index contributed by atoms with van der Waals surface area (Å²) in [4.78, 5) is 15.6. The summed E-state index contributed by atoms with van der Waals surface area (Å²) in [5.41, 5.74) is 0.